The van der Waals surface area contributed by atoms with Gasteiger partial charge in [-0.05, 0) is 77.0 Å². The van der Waals surface area contributed by atoms with Crippen molar-refractivity contribution in [1.29, 1.82) is 0 Å². The Balaban J connectivity index is 1.21. The third-order valence-corrected chi connectivity index (χ3v) is 8.38. The predicted molar refractivity (Wildman–Crippen MR) is 112 cm³/mol. The minimum absolute atomic E-state index is 0.000897. The first kappa shape index (κ1) is 20.9. The van der Waals surface area contributed by atoms with Crippen LogP contribution in [0.3, 0.4) is 0 Å². The molecule has 4 saturated carbocycles. The van der Waals surface area contributed by atoms with E-state index in [0.29, 0.717) is 25.6 Å². The first-order valence-electron chi connectivity index (χ1n) is 11.8. The zero-order valence-corrected chi connectivity index (χ0v) is 18.8. The van der Waals surface area contributed by atoms with Gasteiger partial charge in [-0.2, -0.15) is 0 Å². The fourth-order valence-electron chi connectivity index (χ4n) is 7.32. The molecular weight excluding hydrogens is 398 g/mol. The Bertz CT molecular complexity index is 777. The molecular formula is C23H35N3O5. The predicted octanol–water partition coefficient (Wildman–Crippen LogP) is 2.74. The average molecular weight is 434 g/mol. The van der Waals surface area contributed by atoms with Crippen LogP contribution in [0.4, 0.5) is 9.59 Å². The van der Waals surface area contributed by atoms with Gasteiger partial charge in [-0.25, -0.2) is 9.59 Å². The maximum atomic E-state index is 13.1. The van der Waals surface area contributed by atoms with E-state index < -0.39 is 5.60 Å². The molecule has 6 rings (SSSR count). The first-order chi connectivity index (χ1) is 14.5. The van der Waals surface area contributed by atoms with Crippen molar-refractivity contribution in [2.24, 2.45) is 34.8 Å². The molecule has 6 aliphatic rings. The zero-order valence-electron chi connectivity index (χ0n) is 18.8. The second-order valence-corrected chi connectivity index (χ2v) is 11.7. The summed E-state index contributed by atoms with van der Waals surface area (Å²) >= 11 is 0. The van der Waals surface area contributed by atoms with Gasteiger partial charge in [0, 0.05) is 25.6 Å². The lowest BCUT2D eigenvalue weighted by molar-refractivity contribution is -0.161. The topological polar surface area (TPSA) is 102 Å². The van der Waals surface area contributed by atoms with Crippen LogP contribution < -0.4 is 5.73 Å². The summed E-state index contributed by atoms with van der Waals surface area (Å²) in [5.41, 5.74) is 4.86. The first-order valence-corrected chi connectivity index (χ1v) is 11.8. The van der Waals surface area contributed by atoms with Gasteiger partial charge < -0.3 is 25.0 Å². The maximum Gasteiger partial charge on any atom is 0.410 e. The normalized spacial score (nSPS) is 40.7. The van der Waals surface area contributed by atoms with Crippen molar-refractivity contribution in [2.75, 3.05) is 19.6 Å². The van der Waals surface area contributed by atoms with Crippen molar-refractivity contribution < 1.29 is 23.9 Å². The number of carbonyl (C=O) groups excluding carboxylic acids is 3. The van der Waals surface area contributed by atoms with Crippen LogP contribution in [0.15, 0.2) is 0 Å². The number of hydrogen-bond acceptors (Lipinski definition) is 5. The van der Waals surface area contributed by atoms with E-state index in [0.717, 1.165) is 38.5 Å². The lowest BCUT2D eigenvalue weighted by Gasteiger charge is -2.58. The summed E-state index contributed by atoms with van der Waals surface area (Å²) in [5, 5.41) is 0. The highest BCUT2D eigenvalue weighted by Crippen LogP contribution is 2.60. The Hall–Kier alpha value is -1.99. The molecule has 0 aromatic heterocycles. The van der Waals surface area contributed by atoms with E-state index in [1.807, 2.05) is 20.8 Å². The van der Waals surface area contributed by atoms with Gasteiger partial charge in [0.25, 0.3) is 0 Å². The van der Waals surface area contributed by atoms with Crippen LogP contribution in [0.5, 0.6) is 0 Å². The van der Waals surface area contributed by atoms with E-state index in [-0.39, 0.29) is 53.4 Å². The molecule has 0 radical (unpaired) electrons. The number of primary amides is 1. The number of fused-ring (bicyclic) bond motifs is 1. The fourth-order valence-corrected chi connectivity index (χ4v) is 7.32. The van der Waals surface area contributed by atoms with Crippen LogP contribution in [0.25, 0.3) is 0 Å². The van der Waals surface area contributed by atoms with Gasteiger partial charge in [-0.15, -0.1) is 0 Å². The van der Waals surface area contributed by atoms with E-state index >= 15 is 0 Å². The number of nitrogens with zero attached hydrogens (tertiary/aromatic N) is 2. The van der Waals surface area contributed by atoms with Gasteiger partial charge in [-0.3, -0.25) is 4.79 Å². The van der Waals surface area contributed by atoms with Crippen molar-refractivity contribution in [2.45, 2.75) is 77.0 Å². The summed E-state index contributed by atoms with van der Waals surface area (Å²) in [6, 6.07) is -0.000897. The van der Waals surface area contributed by atoms with E-state index in [1.54, 1.807) is 9.80 Å². The van der Waals surface area contributed by atoms with Gasteiger partial charge in [0.05, 0.1) is 11.5 Å². The van der Waals surface area contributed by atoms with Crippen molar-refractivity contribution >= 4 is 18.1 Å². The summed E-state index contributed by atoms with van der Waals surface area (Å²) in [6.45, 7) is 7.40. The lowest BCUT2D eigenvalue weighted by atomic mass is 9.48. The molecule has 4 aliphatic carbocycles. The number of likely N-dealkylation sites (tertiary alicyclic amines) is 2. The Morgan fingerprint density at radius 3 is 2.26 bits per heavy atom. The largest absolute Gasteiger partial charge is 0.446 e. The van der Waals surface area contributed by atoms with Gasteiger partial charge in [0.15, 0.2) is 0 Å². The SMILES string of the molecule is CC(C)(C)OC(=O)N1CCC2CN(C(=O)OC3[C@@H]4CC5C[C@H]3CC(C(N)=O)(C5)C4)CC21. The molecule has 172 valence electrons. The van der Waals surface area contributed by atoms with E-state index in [2.05, 4.69) is 0 Å². The molecule has 0 aromatic rings. The van der Waals surface area contributed by atoms with Crippen LogP contribution in [-0.2, 0) is 14.3 Å². The molecule has 2 aliphatic heterocycles. The third-order valence-electron chi connectivity index (χ3n) is 8.38. The lowest BCUT2D eigenvalue weighted by Crippen LogP contribution is -2.59. The quantitative estimate of drug-likeness (QED) is 0.721. The Morgan fingerprint density at radius 2 is 1.65 bits per heavy atom. The number of nitrogens with two attached hydrogens (primary N) is 1. The van der Waals surface area contributed by atoms with Crippen LogP contribution in [0, 0.1) is 29.1 Å². The Labute approximate surface area is 183 Å². The summed E-state index contributed by atoms with van der Waals surface area (Å²) in [5.74, 6) is 1.11. The van der Waals surface area contributed by atoms with Crippen molar-refractivity contribution in [3.63, 3.8) is 0 Å². The maximum absolute atomic E-state index is 13.1. The molecule has 2 saturated heterocycles. The fraction of sp³-hybridized carbons (Fsp3) is 0.870. The number of hydrogen-bond donors (Lipinski definition) is 1. The second-order valence-electron chi connectivity index (χ2n) is 11.7. The van der Waals surface area contributed by atoms with E-state index in [9.17, 15) is 14.4 Å². The summed E-state index contributed by atoms with van der Waals surface area (Å²) < 4.78 is 11.6. The molecule has 0 spiro atoms. The molecule has 2 heterocycles. The molecule has 6 fully saturated rings. The monoisotopic (exact) mass is 433 g/mol. The highest BCUT2D eigenvalue weighted by Gasteiger charge is 2.59. The van der Waals surface area contributed by atoms with E-state index in [4.69, 9.17) is 15.2 Å². The zero-order chi connectivity index (χ0) is 22.1. The third kappa shape index (κ3) is 3.55. The van der Waals surface area contributed by atoms with Crippen LogP contribution >= 0.6 is 0 Å². The Morgan fingerprint density at radius 1 is 0.968 bits per heavy atom. The Kier molecular flexibility index (Phi) is 4.72. The molecule has 3 amide bonds. The number of carbonyl (C=O) groups is 3. The van der Waals surface area contributed by atoms with Crippen LogP contribution in [0.2, 0.25) is 0 Å². The molecule has 5 unspecified atom stereocenters. The molecule has 8 nitrogen and oxygen atoms in total. The summed E-state index contributed by atoms with van der Waals surface area (Å²) in [4.78, 5) is 41.3. The molecule has 8 heteroatoms. The van der Waals surface area contributed by atoms with Crippen LogP contribution in [-0.4, -0.2) is 65.3 Å². The minimum Gasteiger partial charge on any atom is -0.446 e. The van der Waals surface area contributed by atoms with Gasteiger partial charge in [0.1, 0.15) is 11.7 Å². The standard InChI is InChI=1S/C23H35N3O5/c1-22(2,3)31-21(29)26-5-4-14-11-25(12-17(14)26)20(28)30-18-15-6-13-7-16(18)10-23(8-13,9-15)19(24)27/h13-18H,4-12H2,1-3H3,(H2,24,27)/t13?,14?,15-,16+,17?,18?,23?. The summed E-state index contributed by atoms with van der Waals surface area (Å²) in [6.07, 6.45) is 4.67. The van der Waals surface area contributed by atoms with Crippen molar-refractivity contribution in [3.05, 3.63) is 0 Å². The number of rotatable bonds is 2. The van der Waals surface area contributed by atoms with Gasteiger partial charge in [-0.1, -0.05) is 0 Å². The second kappa shape index (κ2) is 7.01. The van der Waals surface area contributed by atoms with Crippen molar-refractivity contribution in [1.82, 2.24) is 9.80 Å². The molecule has 4 bridgehead atoms. The summed E-state index contributed by atoms with van der Waals surface area (Å²) in [7, 11) is 0. The minimum atomic E-state index is -0.534. The highest BCUT2D eigenvalue weighted by atomic mass is 16.6. The molecule has 0 aromatic carbocycles. The highest BCUT2D eigenvalue weighted by molar-refractivity contribution is 5.81. The average Bonchev–Trinajstić information content (AvgIpc) is 3.23. The smallest absolute Gasteiger partial charge is 0.410 e. The number of amides is 3. The van der Waals surface area contributed by atoms with Crippen molar-refractivity contribution in [3.8, 4) is 0 Å². The van der Waals surface area contributed by atoms with Gasteiger partial charge >= 0.3 is 12.2 Å². The van der Waals surface area contributed by atoms with Crippen LogP contribution in [0.1, 0.15) is 59.3 Å². The van der Waals surface area contributed by atoms with E-state index in [1.165, 1.54) is 0 Å². The molecule has 31 heavy (non-hydrogen) atoms. The number of ether oxygens (including phenoxy) is 2. The molecule has 7 atom stereocenters. The van der Waals surface area contributed by atoms with Gasteiger partial charge in [0.2, 0.25) is 5.91 Å². The molecule has 2 N–H and O–H groups in total.